The Morgan fingerprint density at radius 3 is 2.56 bits per heavy atom. The first-order valence-electron chi connectivity index (χ1n) is 2.13. The van der Waals surface area contributed by atoms with Gasteiger partial charge in [-0.25, -0.2) is 0 Å². The average Bonchev–Trinajstić information content (AvgIpc) is 1.60. The van der Waals surface area contributed by atoms with Crippen LogP contribution in [0.3, 0.4) is 0 Å². The molecule has 9 heavy (non-hydrogen) atoms. The van der Waals surface area contributed by atoms with Gasteiger partial charge in [0, 0.05) is 0 Å². The summed E-state index contributed by atoms with van der Waals surface area (Å²) >= 11 is -2.96. The summed E-state index contributed by atoms with van der Waals surface area (Å²) in [6.45, 7) is 1.24. The van der Waals surface area contributed by atoms with E-state index in [0.717, 1.165) is 0 Å². The first kappa shape index (κ1) is 6.78. The van der Waals surface area contributed by atoms with Gasteiger partial charge >= 0.3 is 60.8 Å². The fourth-order valence-corrected chi connectivity index (χ4v) is 2.66. The van der Waals surface area contributed by atoms with Crippen molar-refractivity contribution in [3.05, 3.63) is 0 Å². The zero-order valence-electron chi connectivity index (χ0n) is 4.54. The number of rotatable bonds is 1. The maximum atomic E-state index is 10.1. The van der Waals surface area contributed by atoms with Crippen molar-refractivity contribution in [2.75, 3.05) is 0 Å². The van der Waals surface area contributed by atoms with Crippen molar-refractivity contribution >= 4 is 36.2 Å². The standard InChI is InChI=1S/C2H4O2.CH2O3.Pb/c1-2(3)4;2-1(3)4;/h1H3,(H,3,4);(H2,2,3,4);/q;;+3/p-3. The molecule has 1 saturated heterocycles. The minimum atomic E-state index is -2.96. The Labute approximate surface area is 61.0 Å². The summed E-state index contributed by atoms with van der Waals surface area (Å²) in [6.07, 6.45) is -0.724. The molecule has 0 unspecified atom stereocenters. The fourth-order valence-electron chi connectivity index (χ4n) is 0.303. The van der Waals surface area contributed by atoms with Crippen LogP contribution in [0.5, 0.6) is 0 Å². The van der Waals surface area contributed by atoms with E-state index < -0.39 is 36.2 Å². The molecule has 1 radical (unpaired) electrons. The first-order chi connectivity index (χ1) is 4.18. The van der Waals surface area contributed by atoms with Crippen LogP contribution in [0.15, 0.2) is 0 Å². The van der Waals surface area contributed by atoms with E-state index in [1.54, 1.807) is 0 Å². The molecule has 1 fully saturated rings. The second-order valence-corrected chi connectivity index (χ2v) is 5.62. The van der Waals surface area contributed by atoms with Gasteiger partial charge in [-0.05, 0) is 0 Å². The van der Waals surface area contributed by atoms with Crippen LogP contribution in [0.2, 0.25) is 0 Å². The molecular formula is C3H3O5Pb. The van der Waals surface area contributed by atoms with Crippen LogP contribution in [0.25, 0.3) is 0 Å². The molecule has 0 aromatic rings. The van der Waals surface area contributed by atoms with Crippen molar-refractivity contribution < 1.29 is 17.7 Å². The first-order valence-corrected chi connectivity index (χ1v) is 6.89. The summed E-state index contributed by atoms with van der Waals surface area (Å²) in [6, 6.07) is 0. The minimum absolute atomic E-state index is 0.454. The van der Waals surface area contributed by atoms with E-state index >= 15 is 0 Å². The summed E-state index contributed by atoms with van der Waals surface area (Å²) in [4.78, 5) is 20.0. The molecule has 5 nitrogen and oxygen atoms in total. The summed E-state index contributed by atoms with van der Waals surface area (Å²) in [5, 5.41) is 0. The number of carbonyl (C=O) groups excluding carboxylic acids is 2. The van der Waals surface area contributed by atoms with Crippen LogP contribution in [-0.4, -0.2) is 36.2 Å². The molecule has 0 aromatic carbocycles. The van der Waals surface area contributed by atoms with Crippen molar-refractivity contribution in [1.29, 1.82) is 0 Å². The van der Waals surface area contributed by atoms with Gasteiger partial charge in [0.2, 0.25) is 0 Å². The van der Waals surface area contributed by atoms with Crippen molar-refractivity contribution in [3.63, 3.8) is 0 Å². The van der Waals surface area contributed by atoms with Crippen LogP contribution in [0.4, 0.5) is 4.79 Å². The average molecular weight is 326 g/mol. The number of hydrogen-bond donors (Lipinski definition) is 0. The molecule has 0 bridgehead atoms. The zero-order valence-corrected chi connectivity index (χ0v) is 8.43. The molecule has 1 aliphatic rings. The third kappa shape index (κ3) is 1.81. The molecule has 1 heterocycles. The molecular weight excluding hydrogens is 323 g/mol. The summed E-state index contributed by atoms with van der Waals surface area (Å²) in [7, 11) is 0. The molecule has 0 saturated carbocycles. The Morgan fingerprint density at radius 2 is 2.22 bits per heavy atom. The molecule has 0 atom stereocenters. The van der Waals surface area contributed by atoms with Gasteiger partial charge < -0.3 is 0 Å². The molecule has 0 N–H and O–H groups in total. The molecule has 1 rings (SSSR count). The molecule has 0 aromatic heterocycles. The van der Waals surface area contributed by atoms with E-state index in [2.05, 4.69) is 8.06 Å². The molecule has 6 heteroatoms. The van der Waals surface area contributed by atoms with Crippen LogP contribution in [0, 0.1) is 0 Å². The Balaban J connectivity index is 2.18. The van der Waals surface area contributed by atoms with Crippen LogP contribution in [-0.2, 0) is 12.9 Å². The van der Waals surface area contributed by atoms with E-state index in [1.807, 2.05) is 0 Å². The zero-order chi connectivity index (χ0) is 6.85. The fraction of sp³-hybridized carbons (Fsp3) is 0.333. The topological polar surface area (TPSA) is 61.8 Å². The van der Waals surface area contributed by atoms with Crippen molar-refractivity contribution in [2.24, 2.45) is 0 Å². The van der Waals surface area contributed by atoms with Gasteiger partial charge in [0.25, 0.3) is 0 Å². The Morgan fingerprint density at radius 1 is 1.67 bits per heavy atom. The van der Waals surface area contributed by atoms with Gasteiger partial charge in [-0.15, -0.1) is 0 Å². The van der Waals surface area contributed by atoms with E-state index in [4.69, 9.17) is 0 Å². The second kappa shape index (κ2) is 2.50. The Hall–Kier alpha value is -0.338. The second-order valence-electron chi connectivity index (χ2n) is 1.30. The van der Waals surface area contributed by atoms with Gasteiger partial charge in [0.1, 0.15) is 0 Å². The molecule has 0 amide bonds. The molecule has 0 spiro atoms. The van der Waals surface area contributed by atoms with Crippen molar-refractivity contribution in [2.45, 2.75) is 6.92 Å². The van der Waals surface area contributed by atoms with E-state index in [1.165, 1.54) is 6.92 Å². The quantitative estimate of drug-likeness (QED) is 0.619. The maximum absolute atomic E-state index is 10.1. The normalized spacial score (nSPS) is 17.2. The van der Waals surface area contributed by atoms with E-state index in [9.17, 15) is 9.59 Å². The summed E-state index contributed by atoms with van der Waals surface area (Å²) in [5.41, 5.74) is 0. The molecule has 49 valence electrons. The predicted molar refractivity (Wildman–Crippen MR) is 25.1 cm³/mol. The SMILES string of the molecule is CC(=O)[O][Pb]1[O]C(=O)[O]1. The van der Waals surface area contributed by atoms with Gasteiger partial charge in [0.05, 0.1) is 0 Å². The van der Waals surface area contributed by atoms with E-state index in [-0.39, 0.29) is 0 Å². The Kier molecular flexibility index (Phi) is 1.88. The number of carbonyl (C=O) groups is 2. The molecule has 1 aliphatic heterocycles. The van der Waals surface area contributed by atoms with Gasteiger partial charge in [0.15, 0.2) is 0 Å². The van der Waals surface area contributed by atoms with E-state index in [0.29, 0.717) is 0 Å². The van der Waals surface area contributed by atoms with Crippen LogP contribution in [0.1, 0.15) is 6.92 Å². The number of hydrogen-bond acceptors (Lipinski definition) is 5. The third-order valence-corrected chi connectivity index (χ3v) is 4.92. The third-order valence-electron chi connectivity index (χ3n) is 0.560. The van der Waals surface area contributed by atoms with Crippen molar-refractivity contribution in [1.82, 2.24) is 0 Å². The molecule has 0 aliphatic carbocycles. The summed E-state index contributed by atoms with van der Waals surface area (Å²) < 4.78 is 13.2. The van der Waals surface area contributed by atoms with Crippen molar-refractivity contribution in [3.8, 4) is 0 Å². The van der Waals surface area contributed by atoms with Crippen LogP contribution < -0.4 is 0 Å². The monoisotopic (exact) mass is 327 g/mol. The van der Waals surface area contributed by atoms with Gasteiger partial charge in [-0.1, -0.05) is 0 Å². The van der Waals surface area contributed by atoms with Gasteiger partial charge in [-0.2, -0.15) is 0 Å². The van der Waals surface area contributed by atoms with Gasteiger partial charge in [-0.3, -0.25) is 0 Å². The predicted octanol–water partition coefficient (Wildman–Crippen LogP) is -0.299. The Bertz CT molecular complexity index is 146. The summed E-state index contributed by atoms with van der Waals surface area (Å²) in [5.74, 6) is -0.454. The van der Waals surface area contributed by atoms with Crippen LogP contribution >= 0.6 is 0 Å².